The van der Waals surface area contributed by atoms with Gasteiger partial charge in [-0.1, -0.05) is 6.92 Å². The Labute approximate surface area is 161 Å². The number of hydrogen-bond donors (Lipinski definition) is 1. The summed E-state index contributed by atoms with van der Waals surface area (Å²) in [4.78, 5) is 23.3. The van der Waals surface area contributed by atoms with Gasteiger partial charge in [0.1, 0.15) is 5.82 Å². The van der Waals surface area contributed by atoms with Gasteiger partial charge in [-0.05, 0) is 55.9 Å². The van der Waals surface area contributed by atoms with Gasteiger partial charge in [0.15, 0.2) is 5.82 Å². The summed E-state index contributed by atoms with van der Waals surface area (Å²) in [5.41, 5.74) is 2.14. The zero-order chi connectivity index (χ0) is 19.4. The molecule has 2 unspecified atom stereocenters. The van der Waals surface area contributed by atoms with Gasteiger partial charge in [-0.2, -0.15) is 4.39 Å². The second kappa shape index (κ2) is 6.25. The molecule has 0 aromatic carbocycles. The minimum atomic E-state index is -0.447. The fourth-order valence-corrected chi connectivity index (χ4v) is 4.48. The number of amides is 2. The van der Waals surface area contributed by atoms with Gasteiger partial charge in [0.05, 0.1) is 11.7 Å². The monoisotopic (exact) mass is 380 g/mol. The van der Waals surface area contributed by atoms with Crippen LogP contribution in [0.4, 0.5) is 15.0 Å². The van der Waals surface area contributed by atoms with E-state index >= 15 is 0 Å². The molecule has 5 heterocycles. The van der Waals surface area contributed by atoms with E-state index in [-0.39, 0.29) is 6.03 Å². The van der Waals surface area contributed by atoms with Gasteiger partial charge >= 0.3 is 6.03 Å². The van der Waals surface area contributed by atoms with Crippen LogP contribution in [0.2, 0.25) is 0 Å². The van der Waals surface area contributed by atoms with E-state index in [2.05, 4.69) is 27.3 Å². The standard InChI is InChI=1S/C20H21FN6O/c1-11-5-14-7-15(6-11)26(14)20(28)24-18-8-16(12(2)9-22-18)19-23-10-13-3-4-17(21)27(13)25-19/h3-4,8-11,14-15H,5-7H2,1-2H3,(H,22,24,28)/t11?,14-,15?/m1/s1. The van der Waals surface area contributed by atoms with Crippen LogP contribution in [0.5, 0.6) is 0 Å². The molecular weight excluding hydrogens is 359 g/mol. The normalized spacial score (nSPS) is 23.5. The van der Waals surface area contributed by atoms with E-state index in [0.29, 0.717) is 40.7 Å². The molecule has 0 saturated carbocycles. The van der Waals surface area contributed by atoms with Gasteiger partial charge in [-0.25, -0.2) is 19.3 Å². The highest BCUT2D eigenvalue weighted by Crippen LogP contribution is 2.41. The fourth-order valence-electron chi connectivity index (χ4n) is 4.48. The van der Waals surface area contributed by atoms with Gasteiger partial charge in [-0.15, -0.1) is 5.10 Å². The van der Waals surface area contributed by atoms with Crippen LogP contribution >= 0.6 is 0 Å². The highest BCUT2D eigenvalue weighted by Gasteiger charge is 2.46. The Morgan fingerprint density at radius 1 is 1.18 bits per heavy atom. The largest absolute Gasteiger partial charge is 0.323 e. The molecule has 0 radical (unpaired) electrons. The number of rotatable bonds is 2. The van der Waals surface area contributed by atoms with Crippen molar-refractivity contribution in [2.75, 3.05) is 5.32 Å². The molecule has 2 amide bonds. The molecule has 3 atom stereocenters. The molecular formula is C20H21FN6O. The van der Waals surface area contributed by atoms with Crippen molar-refractivity contribution >= 4 is 17.4 Å². The number of fused-ring (bicyclic) bond motifs is 3. The summed E-state index contributed by atoms with van der Waals surface area (Å²) in [6.07, 6.45) is 6.47. The second-order valence-electron chi connectivity index (χ2n) is 7.92. The number of hydrogen-bond acceptors (Lipinski definition) is 4. The van der Waals surface area contributed by atoms with Crippen molar-refractivity contribution in [3.8, 4) is 11.4 Å². The van der Waals surface area contributed by atoms with Crippen molar-refractivity contribution in [3.63, 3.8) is 0 Å². The maximum atomic E-state index is 13.9. The first-order valence-corrected chi connectivity index (χ1v) is 9.56. The van der Waals surface area contributed by atoms with Crippen molar-refractivity contribution in [2.24, 2.45) is 5.92 Å². The Balaban J connectivity index is 1.41. The summed E-state index contributed by atoms with van der Waals surface area (Å²) in [6.45, 7) is 4.13. The molecule has 2 aliphatic heterocycles. The predicted octanol–water partition coefficient (Wildman–Crippen LogP) is 3.64. The first-order valence-electron chi connectivity index (χ1n) is 9.56. The van der Waals surface area contributed by atoms with Gasteiger partial charge in [0.25, 0.3) is 0 Å². The highest BCUT2D eigenvalue weighted by molar-refractivity contribution is 5.90. The quantitative estimate of drug-likeness (QED) is 0.736. The highest BCUT2D eigenvalue weighted by atomic mass is 19.1. The second-order valence-corrected chi connectivity index (χ2v) is 7.92. The lowest BCUT2D eigenvalue weighted by molar-refractivity contribution is -0.00603. The number of piperidine rings is 1. The molecule has 2 aliphatic rings. The predicted molar refractivity (Wildman–Crippen MR) is 102 cm³/mol. The third-order valence-electron chi connectivity index (χ3n) is 5.85. The number of carbonyl (C=O) groups is 1. The maximum Gasteiger partial charge on any atom is 0.323 e. The number of nitrogens with zero attached hydrogens (tertiary/aromatic N) is 5. The summed E-state index contributed by atoms with van der Waals surface area (Å²) < 4.78 is 15.1. The SMILES string of the molecule is Cc1cnc(NC(=O)N2C3CC(C)C[C@@H]2C3)cc1-c1ncc2ccc(F)n2n1. The summed E-state index contributed by atoms with van der Waals surface area (Å²) in [7, 11) is 0. The first kappa shape index (κ1) is 17.1. The molecule has 5 rings (SSSR count). The summed E-state index contributed by atoms with van der Waals surface area (Å²) in [5, 5.41) is 7.19. The lowest BCUT2D eigenvalue weighted by Gasteiger charge is -2.54. The average molecular weight is 380 g/mol. The van der Waals surface area contributed by atoms with E-state index in [1.165, 1.54) is 10.6 Å². The Morgan fingerprint density at radius 3 is 2.75 bits per heavy atom. The Hall–Kier alpha value is -3.03. The van der Waals surface area contributed by atoms with E-state index in [1.54, 1.807) is 24.5 Å². The number of halogens is 1. The lowest BCUT2D eigenvalue weighted by atomic mass is 9.74. The molecule has 28 heavy (non-hydrogen) atoms. The van der Waals surface area contributed by atoms with Crippen LogP contribution in [0.1, 0.15) is 31.7 Å². The molecule has 0 aliphatic carbocycles. The van der Waals surface area contributed by atoms with Gasteiger partial charge in [0, 0.05) is 23.8 Å². The van der Waals surface area contributed by atoms with E-state index in [0.717, 1.165) is 24.8 Å². The van der Waals surface area contributed by atoms with E-state index in [1.807, 2.05) is 11.8 Å². The molecule has 1 N–H and O–H groups in total. The number of carbonyl (C=O) groups excluding carboxylic acids is 1. The Morgan fingerprint density at radius 2 is 1.96 bits per heavy atom. The van der Waals surface area contributed by atoms with Crippen LogP contribution in [-0.2, 0) is 0 Å². The van der Waals surface area contributed by atoms with Crippen LogP contribution in [0.25, 0.3) is 16.9 Å². The zero-order valence-corrected chi connectivity index (χ0v) is 15.8. The summed E-state index contributed by atoms with van der Waals surface area (Å²) >= 11 is 0. The van der Waals surface area contributed by atoms with Crippen LogP contribution in [0.15, 0.2) is 30.6 Å². The summed E-state index contributed by atoms with van der Waals surface area (Å²) in [5.74, 6) is 1.06. The molecule has 2 fully saturated rings. The van der Waals surface area contributed by atoms with Crippen molar-refractivity contribution in [2.45, 2.75) is 45.2 Å². The van der Waals surface area contributed by atoms with Crippen LogP contribution in [0.3, 0.4) is 0 Å². The van der Waals surface area contributed by atoms with Crippen LogP contribution < -0.4 is 5.32 Å². The molecule has 0 spiro atoms. The van der Waals surface area contributed by atoms with E-state index in [4.69, 9.17) is 0 Å². The topological polar surface area (TPSA) is 75.4 Å². The molecule has 8 heteroatoms. The number of nitrogens with one attached hydrogen (secondary N) is 1. The molecule has 2 bridgehead atoms. The van der Waals surface area contributed by atoms with Crippen molar-refractivity contribution in [3.05, 3.63) is 42.1 Å². The fraction of sp³-hybridized carbons (Fsp3) is 0.400. The van der Waals surface area contributed by atoms with Crippen molar-refractivity contribution < 1.29 is 9.18 Å². The minimum Gasteiger partial charge on any atom is -0.318 e. The minimum absolute atomic E-state index is 0.108. The van der Waals surface area contributed by atoms with Crippen LogP contribution in [-0.4, -0.2) is 42.6 Å². The van der Waals surface area contributed by atoms with Gasteiger partial charge in [0.2, 0.25) is 5.95 Å². The van der Waals surface area contributed by atoms with Crippen molar-refractivity contribution in [1.82, 2.24) is 24.5 Å². The smallest absolute Gasteiger partial charge is 0.318 e. The van der Waals surface area contributed by atoms with Gasteiger partial charge < -0.3 is 4.90 Å². The third kappa shape index (κ3) is 2.71. The first-order chi connectivity index (χ1) is 13.5. The molecule has 144 valence electrons. The molecule has 2 saturated heterocycles. The van der Waals surface area contributed by atoms with E-state index < -0.39 is 5.95 Å². The number of urea groups is 1. The van der Waals surface area contributed by atoms with Crippen LogP contribution in [0, 0.1) is 18.8 Å². The van der Waals surface area contributed by atoms with E-state index in [9.17, 15) is 9.18 Å². The number of anilines is 1. The molecule has 3 aromatic rings. The third-order valence-corrected chi connectivity index (χ3v) is 5.85. The van der Waals surface area contributed by atoms with Gasteiger partial charge in [-0.3, -0.25) is 5.32 Å². The number of aryl methyl sites for hydroxylation is 1. The molecule has 3 aromatic heterocycles. The Bertz CT molecular complexity index is 1070. The lowest BCUT2D eigenvalue weighted by Crippen LogP contribution is -2.63. The average Bonchev–Trinajstić information content (AvgIpc) is 3.03. The van der Waals surface area contributed by atoms with Crippen molar-refractivity contribution in [1.29, 1.82) is 0 Å². The number of pyridine rings is 1. The Kier molecular flexibility index (Phi) is 3.82. The number of aromatic nitrogens is 4. The molecule has 7 nitrogen and oxygen atoms in total. The summed E-state index contributed by atoms with van der Waals surface area (Å²) in [6, 6.07) is 5.28. The maximum absolute atomic E-state index is 13.9. The zero-order valence-electron chi connectivity index (χ0n) is 15.8.